The van der Waals surface area contributed by atoms with Gasteiger partial charge in [0.05, 0.1) is 13.2 Å². The van der Waals surface area contributed by atoms with E-state index in [2.05, 4.69) is 24.3 Å². The number of ether oxygens (including phenoxy) is 1. The van der Waals surface area contributed by atoms with Crippen molar-refractivity contribution in [3.8, 4) is 0 Å². The lowest BCUT2D eigenvalue weighted by Gasteiger charge is -2.31. The number of nitrogens with zero attached hydrogens (tertiary/aromatic N) is 1. The van der Waals surface area contributed by atoms with Crippen LogP contribution in [-0.4, -0.2) is 37.4 Å². The van der Waals surface area contributed by atoms with E-state index in [4.69, 9.17) is 4.74 Å². The number of morpholine rings is 1. The molecule has 0 bridgehead atoms. The summed E-state index contributed by atoms with van der Waals surface area (Å²) in [6.07, 6.45) is 5.10. The van der Waals surface area contributed by atoms with Crippen LogP contribution in [0.5, 0.6) is 0 Å². The lowest BCUT2D eigenvalue weighted by molar-refractivity contribution is 0.00201. The third-order valence-electron chi connectivity index (χ3n) is 2.65. The van der Waals surface area contributed by atoms with E-state index < -0.39 is 0 Å². The van der Waals surface area contributed by atoms with Crippen LogP contribution in [0, 0.1) is 0 Å². The smallest absolute Gasteiger partial charge is 0.0608 e. The van der Waals surface area contributed by atoms with Gasteiger partial charge < -0.3 is 4.74 Å². The molecule has 0 aromatic carbocycles. The van der Waals surface area contributed by atoms with Gasteiger partial charge in [0.2, 0.25) is 0 Å². The highest BCUT2D eigenvalue weighted by atomic mass is 16.5. The molecule has 1 rings (SSSR count). The highest BCUT2D eigenvalue weighted by Gasteiger charge is 2.14. The maximum Gasteiger partial charge on any atom is 0.0608 e. The first-order chi connectivity index (χ1) is 7.86. The van der Waals surface area contributed by atoms with Gasteiger partial charge in [-0.25, -0.2) is 5.01 Å². The van der Waals surface area contributed by atoms with Gasteiger partial charge in [-0.1, -0.05) is 40.5 Å². The summed E-state index contributed by atoms with van der Waals surface area (Å²) in [5.41, 5.74) is 3.61. The van der Waals surface area contributed by atoms with Crippen molar-refractivity contribution in [3.05, 3.63) is 0 Å². The molecule has 16 heavy (non-hydrogen) atoms. The third-order valence-corrected chi connectivity index (χ3v) is 2.65. The maximum atomic E-state index is 5.32. The molecule has 1 heterocycles. The van der Waals surface area contributed by atoms with Crippen molar-refractivity contribution < 1.29 is 4.74 Å². The molecule has 0 atom stereocenters. The van der Waals surface area contributed by atoms with Gasteiger partial charge >= 0.3 is 0 Å². The Kier molecular flexibility index (Phi) is 11.3. The Bertz CT molecular complexity index is 130. The fraction of sp³-hybridized carbons (Fsp3) is 1.00. The van der Waals surface area contributed by atoms with Crippen LogP contribution in [0.15, 0.2) is 0 Å². The number of nitrogens with one attached hydrogen (secondary N) is 1. The van der Waals surface area contributed by atoms with E-state index in [1.165, 1.54) is 25.7 Å². The van der Waals surface area contributed by atoms with Crippen molar-refractivity contribution >= 4 is 0 Å². The summed E-state index contributed by atoms with van der Waals surface area (Å²) in [5.74, 6) is 0. The average molecular weight is 230 g/mol. The average Bonchev–Trinajstić information content (AvgIpc) is 2.34. The molecular weight excluding hydrogens is 200 g/mol. The highest BCUT2D eigenvalue weighted by molar-refractivity contribution is 4.66. The zero-order valence-electron chi connectivity index (χ0n) is 11.6. The minimum Gasteiger partial charge on any atom is -0.379 e. The van der Waals surface area contributed by atoms with Crippen LogP contribution in [0.25, 0.3) is 0 Å². The van der Waals surface area contributed by atoms with Crippen LogP contribution >= 0.6 is 0 Å². The van der Waals surface area contributed by atoms with Gasteiger partial charge in [-0.05, 0) is 12.8 Å². The Morgan fingerprint density at radius 1 is 1.06 bits per heavy atom. The van der Waals surface area contributed by atoms with Gasteiger partial charge in [-0.2, -0.15) is 0 Å². The third kappa shape index (κ3) is 7.20. The quantitative estimate of drug-likeness (QED) is 0.759. The molecule has 3 heteroatoms. The van der Waals surface area contributed by atoms with Gasteiger partial charge in [0.15, 0.2) is 0 Å². The SMILES string of the molecule is CC.CCCC(CCC)NN1CCOCC1. The minimum absolute atomic E-state index is 0.670. The molecule has 1 aliphatic rings. The van der Waals surface area contributed by atoms with Crippen molar-refractivity contribution in [3.63, 3.8) is 0 Å². The maximum absolute atomic E-state index is 5.32. The standard InChI is InChI=1S/C11H24N2O.C2H6/c1-3-5-11(6-4-2)12-13-7-9-14-10-8-13;1-2/h11-12H,3-10H2,1-2H3;1-2H3. The van der Waals surface area contributed by atoms with E-state index in [-0.39, 0.29) is 0 Å². The minimum atomic E-state index is 0.670. The summed E-state index contributed by atoms with van der Waals surface area (Å²) in [4.78, 5) is 0. The van der Waals surface area contributed by atoms with Gasteiger partial charge in [0, 0.05) is 19.1 Å². The molecule has 1 N–H and O–H groups in total. The van der Waals surface area contributed by atoms with Crippen LogP contribution in [0.4, 0.5) is 0 Å². The summed E-state index contributed by atoms with van der Waals surface area (Å²) < 4.78 is 5.32. The molecule has 3 nitrogen and oxygen atoms in total. The summed E-state index contributed by atoms with van der Waals surface area (Å²) in [5, 5.41) is 2.32. The van der Waals surface area contributed by atoms with Crippen LogP contribution in [0.2, 0.25) is 0 Å². The predicted molar refractivity (Wildman–Crippen MR) is 70.5 cm³/mol. The molecule has 98 valence electrons. The monoisotopic (exact) mass is 230 g/mol. The molecule has 1 aliphatic heterocycles. The fourth-order valence-corrected chi connectivity index (χ4v) is 1.92. The van der Waals surface area contributed by atoms with Crippen molar-refractivity contribution in [1.82, 2.24) is 10.4 Å². The summed E-state index contributed by atoms with van der Waals surface area (Å²) in [7, 11) is 0. The first-order valence-corrected chi connectivity index (χ1v) is 6.95. The van der Waals surface area contributed by atoms with E-state index in [0.717, 1.165) is 26.3 Å². The largest absolute Gasteiger partial charge is 0.379 e. The number of hydrazine groups is 1. The van der Waals surface area contributed by atoms with Crippen LogP contribution in [0.3, 0.4) is 0 Å². The fourth-order valence-electron chi connectivity index (χ4n) is 1.92. The molecule has 1 saturated heterocycles. The molecular formula is C13H30N2O. The normalized spacial score (nSPS) is 17.1. The second kappa shape index (κ2) is 11.4. The van der Waals surface area contributed by atoms with Crippen molar-refractivity contribution in [2.45, 2.75) is 59.4 Å². The zero-order chi connectivity index (χ0) is 12.2. The van der Waals surface area contributed by atoms with Crippen LogP contribution in [0.1, 0.15) is 53.4 Å². The Morgan fingerprint density at radius 3 is 2.00 bits per heavy atom. The molecule has 0 aromatic rings. The zero-order valence-corrected chi connectivity index (χ0v) is 11.6. The topological polar surface area (TPSA) is 24.5 Å². The molecule has 0 radical (unpaired) electrons. The lowest BCUT2D eigenvalue weighted by Crippen LogP contribution is -2.50. The van der Waals surface area contributed by atoms with Crippen LogP contribution < -0.4 is 5.43 Å². The van der Waals surface area contributed by atoms with E-state index in [1.807, 2.05) is 13.8 Å². The van der Waals surface area contributed by atoms with E-state index in [0.29, 0.717) is 6.04 Å². The van der Waals surface area contributed by atoms with E-state index >= 15 is 0 Å². The van der Waals surface area contributed by atoms with Gasteiger partial charge in [0.1, 0.15) is 0 Å². The number of rotatable bonds is 6. The first kappa shape index (κ1) is 15.9. The predicted octanol–water partition coefficient (Wildman–Crippen LogP) is 2.82. The second-order valence-electron chi connectivity index (χ2n) is 4.00. The molecule has 0 spiro atoms. The molecule has 0 aliphatic carbocycles. The summed E-state index contributed by atoms with van der Waals surface area (Å²) in [6, 6.07) is 0.670. The van der Waals surface area contributed by atoms with Crippen molar-refractivity contribution in [1.29, 1.82) is 0 Å². The number of hydrogen-bond donors (Lipinski definition) is 1. The summed E-state index contributed by atoms with van der Waals surface area (Å²) >= 11 is 0. The molecule has 1 fully saturated rings. The first-order valence-electron chi connectivity index (χ1n) is 6.95. The second-order valence-corrected chi connectivity index (χ2v) is 4.00. The van der Waals surface area contributed by atoms with Gasteiger partial charge in [-0.15, -0.1) is 0 Å². The molecule has 0 amide bonds. The lowest BCUT2D eigenvalue weighted by atomic mass is 10.1. The Balaban J connectivity index is 0.00000106. The van der Waals surface area contributed by atoms with Gasteiger partial charge in [-0.3, -0.25) is 5.43 Å². The Hall–Kier alpha value is -0.120. The number of hydrogen-bond acceptors (Lipinski definition) is 3. The van der Waals surface area contributed by atoms with Gasteiger partial charge in [0.25, 0.3) is 0 Å². The Labute approximate surface area is 102 Å². The van der Waals surface area contributed by atoms with Crippen molar-refractivity contribution in [2.75, 3.05) is 26.3 Å². The molecule has 0 aromatic heterocycles. The molecule has 0 unspecified atom stereocenters. The summed E-state index contributed by atoms with van der Waals surface area (Å²) in [6.45, 7) is 12.3. The van der Waals surface area contributed by atoms with Crippen molar-refractivity contribution in [2.24, 2.45) is 0 Å². The van der Waals surface area contributed by atoms with E-state index in [1.54, 1.807) is 0 Å². The van der Waals surface area contributed by atoms with E-state index in [9.17, 15) is 0 Å². The highest BCUT2D eigenvalue weighted by Crippen LogP contribution is 2.06. The van der Waals surface area contributed by atoms with Crippen LogP contribution in [-0.2, 0) is 4.74 Å². The Morgan fingerprint density at radius 2 is 1.56 bits per heavy atom. The molecule has 0 saturated carbocycles.